The van der Waals surface area contributed by atoms with Gasteiger partial charge in [0.1, 0.15) is 6.04 Å². The summed E-state index contributed by atoms with van der Waals surface area (Å²) < 4.78 is 6.64. The lowest BCUT2D eigenvalue weighted by molar-refractivity contribution is -0.150. The molecule has 2 rings (SSSR count). The van der Waals surface area contributed by atoms with Crippen molar-refractivity contribution in [1.29, 1.82) is 0 Å². The minimum Gasteiger partial charge on any atom is -0.461 e. The summed E-state index contributed by atoms with van der Waals surface area (Å²) in [7, 11) is 0. The number of thiazole rings is 1. The number of carbonyl (C=O) groups is 1. The molecular weight excluding hydrogens is 288 g/mol. The molecule has 0 aliphatic rings. The zero-order chi connectivity index (χ0) is 15.6. The van der Waals surface area contributed by atoms with E-state index in [9.17, 15) is 9.59 Å². The van der Waals surface area contributed by atoms with Crippen LogP contribution in [0.2, 0.25) is 0 Å². The summed E-state index contributed by atoms with van der Waals surface area (Å²) in [5.74, 6) is -0.421. The smallest absolute Gasteiger partial charge is 0.329 e. The molecule has 5 nitrogen and oxygen atoms in total. The molecule has 1 aromatic carbocycles. The summed E-state index contributed by atoms with van der Waals surface area (Å²) in [5.41, 5.74) is 7.86. The number of nitrogen functional groups attached to an aromatic ring is 1. The molecule has 1 atom stereocenters. The predicted octanol–water partition coefficient (Wildman–Crippen LogP) is 2.67. The molecule has 1 unspecified atom stereocenters. The zero-order valence-corrected chi connectivity index (χ0v) is 13.0. The molecular formula is C15H18N2O3S. The van der Waals surface area contributed by atoms with E-state index in [0.717, 1.165) is 16.9 Å². The molecule has 21 heavy (non-hydrogen) atoms. The van der Waals surface area contributed by atoms with E-state index >= 15 is 0 Å². The number of hydrogen-bond donors (Lipinski definition) is 1. The average Bonchev–Trinajstić information content (AvgIpc) is 2.79. The summed E-state index contributed by atoms with van der Waals surface area (Å²) in [6.07, 6.45) is -0.217. The van der Waals surface area contributed by atoms with Crippen LogP contribution in [0.25, 0.3) is 11.3 Å². The van der Waals surface area contributed by atoms with Gasteiger partial charge >= 0.3 is 10.8 Å². The van der Waals surface area contributed by atoms with Crippen molar-refractivity contribution >= 4 is 23.0 Å². The zero-order valence-electron chi connectivity index (χ0n) is 12.2. The SMILES string of the molecule is CC(C)OC(=O)C(C)n1c(-c2cccc(N)c2)csc1=O. The van der Waals surface area contributed by atoms with Gasteiger partial charge in [-0.25, -0.2) is 4.79 Å². The van der Waals surface area contributed by atoms with Crippen LogP contribution in [0.15, 0.2) is 34.4 Å². The fourth-order valence-corrected chi connectivity index (χ4v) is 2.86. The van der Waals surface area contributed by atoms with E-state index < -0.39 is 12.0 Å². The van der Waals surface area contributed by atoms with Gasteiger partial charge in [-0.05, 0) is 32.9 Å². The highest BCUT2D eigenvalue weighted by Gasteiger charge is 2.23. The van der Waals surface area contributed by atoms with Gasteiger partial charge in [0.15, 0.2) is 0 Å². The van der Waals surface area contributed by atoms with E-state index in [-0.39, 0.29) is 11.0 Å². The van der Waals surface area contributed by atoms with Crippen molar-refractivity contribution in [3.63, 3.8) is 0 Å². The maximum absolute atomic E-state index is 12.1. The maximum atomic E-state index is 12.1. The monoisotopic (exact) mass is 306 g/mol. The Hall–Kier alpha value is -2.08. The molecule has 0 fully saturated rings. The Morgan fingerprint density at radius 2 is 2.05 bits per heavy atom. The largest absolute Gasteiger partial charge is 0.461 e. The Labute approximate surface area is 127 Å². The molecule has 1 aromatic heterocycles. The molecule has 0 saturated heterocycles. The van der Waals surface area contributed by atoms with Crippen LogP contribution in [-0.4, -0.2) is 16.6 Å². The first-order chi connectivity index (χ1) is 9.90. The minimum absolute atomic E-state index is 0.194. The third kappa shape index (κ3) is 3.33. The summed E-state index contributed by atoms with van der Waals surface area (Å²) in [4.78, 5) is 23.9. The molecule has 6 heteroatoms. The number of carbonyl (C=O) groups excluding carboxylic acids is 1. The van der Waals surface area contributed by atoms with Crippen LogP contribution in [0, 0.1) is 0 Å². The van der Waals surface area contributed by atoms with Gasteiger partial charge in [0.05, 0.1) is 11.8 Å². The highest BCUT2D eigenvalue weighted by Crippen LogP contribution is 2.25. The normalized spacial score (nSPS) is 12.4. The second-order valence-electron chi connectivity index (χ2n) is 5.04. The van der Waals surface area contributed by atoms with Gasteiger partial charge in [-0.2, -0.15) is 0 Å². The lowest BCUT2D eigenvalue weighted by Crippen LogP contribution is -2.28. The molecule has 112 valence electrons. The topological polar surface area (TPSA) is 74.3 Å². The maximum Gasteiger partial charge on any atom is 0.329 e. The van der Waals surface area contributed by atoms with Crippen molar-refractivity contribution in [1.82, 2.24) is 4.57 Å². The van der Waals surface area contributed by atoms with E-state index in [2.05, 4.69) is 0 Å². The Kier molecular flexibility index (Phi) is 4.47. The second kappa shape index (κ2) is 6.13. The third-order valence-corrected chi connectivity index (χ3v) is 3.73. The molecule has 0 saturated carbocycles. The Morgan fingerprint density at radius 1 is 1.33 bits per heavy atom. The quantitative estimate of drug-likeness (QED) is 0.696. The van der Waals surface area contributed by atoms with E-state index in [1.165, 1.54) is 4.57 Å². The number of nitrogens with zero attached hydrogens (tertiary/aromatic N) is 1. The Bertz CT molecular complexity index is 703. The van der Waals surface area contributed by atoms with Gasteiger partial charge in [0.25, 0.3) is 0 Å². The fourth-order valence-electron chi connectivity index (χ4n) is 2.03. The highest BCUT2D eigenvalue weighted by molar-refractivity contribution is 7.07. The number of benzene rings is 1. The van der Waals surface area contributed by atoms with Gasteiger partial charge in [-0.3, -0.25) is 9.36 Å². The highest BCUT2D eigenvalue weighted by atomic mass is 32.1. The molecule has 0 aliphatic heterocycles. The first-order valence-electron chi connectivity index (χ1n) is 6.66. The fraction of sp³-hybridized carbons (Fsp3) is 0.333. The first kappa shape index (κ1) is 15.3. The van der Waals surface area contributed by atoms with Crippen LogP contribution in [0.5, 0.6) is 0 Å². The van der Waals surface area contributed by atoms with Crippen molar-refractivity contribution in [3.8, 4) is 11.3 Å². The Morgan fingerprint density at radius 3 is 2.67 bits per heavy atom. The number of rotatable bonds is 4. The van der Waals surface area contributed by atoms with Crippen molar-refractivity contribution in [3.05, 3.63) is 39.3 Å². The lowest BCUT2D eigenvalue weighted by atomic mass is 10.1. The number of esters is 1. The van der Waals surface area contributed by atoms with Gasteiger partial charge in [0, 0.05) is 16.6 Å². The molecule has 0 radical (unpaired) electrons. The van der Waals surface area contributed by atoms with Crippen LogP contribution >= 0.6 is 11.3 Å². The lowest BCUT2D eigenvalue weighted by Gasteiger charge is -2.17. The van der Waals surface area contributed by atoms with Gasteiger partial charge in [-0.1, -0.05) is 23.5 Å². The predicted molar refractivity (Wildman–Crippen MR) is 84.4 cm³/mol. The van der Waals surface area contributed by atoms with Crippen LogP contribution in [0.4, 0.5) is 5.69 Å². The van der Waals surface area contributed by atoms with Crippen LogP contribution in [0.1, 0.15) is 26.8 Å². The van der Waals surface area contributed by atoms with Gasteiger partial charge in [0.2, 0.25) is 0 Å². The van der Waals surface area contributed by atoms with E-state index in [1.54, 1.807) is 38.3 Å². The molecule has 0 spiro atoms. The Balaban J connectivity index is 2.43. The van der Waals surface area contributed by atoms with E-state index in [1.807, 2.05) is 12.1 Å². The van der Waals surface area contributed by atoms with E-state index in [0.29, 0.717) is 11.4 Å². The molecule has 2 N–H and O–H groups in total. The average molecular weight is 306 g/mol. The van der Waals surface area contributed by atoms with Crippen molar-refractivity contribution in [2.75, 3.05) is 5.73 Å². The minimum atomic E-state index is -0.678. The van der Waals surface area contributed by atoms with Crippen LogP contribution < -0.4 is 10.6 Å². The molecule has 1 heterocycles. The van der Waals surface area contributed by atoms with Crippen molar-refractivity contribution < 1.29 is 9.53 Å². The molecule has 0 aliphatic carbocycles. The second-order valence-corrected chi connectivity index (χ2v) is 5.86. The number of aromatic nitrogens is 1. The van der Waals surface area contributed by atoms with Crippen molar-refractivity contribution in [2.45, 2.75) is 32.9 Å². The molecule has 0 amide bonds. The van der Waals surface area contributed by atoms with Crippen LogP contribution in [-0.2, 0) is 9.53 Å². The van der Waals surface area contributed by atoms with E-state index in [4.69, 9.17) is 10.5 Å². The van der Waals surface area contributed by atoms with Gasteiger partial charge in [-0.15, -0.1) is 0 Å². The number of hydrogen-bond acceptors (Lipinski definition) is 5. The molecule has 0 bridgehead atoms. The van der Waals surface area contributed by atoms with Crippen LogP contribution in [0.3, 0.4) is 0 Å². The summed E-state index contributed by atoms with van der Waals surface area (Å²) in [5, 5.41) is 1.73. The summed E-state index contributed by atoms with van der Waals surface area (Å²) in [6, 6.07) is 6.54. The summed E-state index contributed by atoms with van der Waals surface area (Å²) in [6.45, 7) is 5.22. The molecule has 2 aromatic rings. The number of ether oxygens (including phenoxy) is 1. The standard InChI is InChI=1S/C15H18N2O3S/c1-9(2)20-14(18)10(3)17-13(8-21-15(17)19)11-5-4-6-12(16)7-11/h4-10H,16H2,1-3H3. The number of nitrogens with two attached hydrogens (primary N) is 1. The number of anilines is 1. The van der Waals surface area contributed by atoms with Crippen molar-refractivity contribution in [2.24, 2.45) is 0 Å². The van der Waals surface area contributed by atoms with Gasteiger partial charge < -0.3 is 10.5 Å². The third-order valence-electron chi connectivity index (χ3n) is 2.99. The first-order valence-corrected chi connectivity index (χ1v) is 7.54. The summed E-state index contributed by atoms with van der Waals surface area (Å²) >= 11 is 1.06.